The van der Waals surface area contributed by atoms with Crippen LogP contribution in [0.5, 0.6) is 0 Å². The Morgan fingerprint density at radius 3 is 1.38 bits per heavy atom. The predicted molar refractivity (Wildman–Crippen MR) is 98.1 cm³/mol. The minimum Gasteiger partial charge on any atom is -0.0776 e. The van der Waals surface area contributed by atoms with Crippen molar-refractivity contribution in [3.8, 4) is 0 Å². The molecule has 21 heavy (non-hydrogen) atoms. The molecule has 0 amide bonds. The van der Waals surface area contributed by atoms with Gasteiger partial charge in [0.2, 0.25) is 0 Å². The smallest absolute Gasteiger partial charge is 0.0776 e. The molecule has 0 fully saturated rings. The molecule has 0 bridgehead atoms. The Morgan fingerprint density at radius 2 is 1.14 bits per heavy atom. The van der Waals surface area contributed by atoms with Gasteiger partial charge in [0, 0.05) is 0 Å². The first-order chi connectivity index (χ1) is 9.97. The van der Waals surface area contributed by atoms with Crippen LogP contribution in [0.15, 0.2) is 44.8 Å². The quantitative estimate of drug-likeness (QED) is 0.481. The monoisotopic (exact) mass is 300 g/mol. The first kappa shape index (κ1) is 16.5. The first-order valence-corrected chi connectivity index (χ1v) is 11.1. The van der Waals surface area contributed by atoms with Gasteiger partial charge in [0.25, 0.3) is 0 Å². The van der Waals surface area contributed by atoms with E-state index in [2.05, 4.69) is 53.7 Å². The standard InChI is InChI=1S/C20H32Si/c1-7-13-21(14-8-2,19-15(3)9-10-16(19)4)20-17(5)11-12-18(20)6/h9,11H,7-8,10,12-14H2,1-6H3. The number of hydrogen-bond acceptors (Lipinski definition) is 0. The van der Waals surface area contributed by atoms with Crippen molar-refractivity contribution in [1.82, 2.24) is 0 Å². The third kappa shape index (κ3) is 2.77. The van der Waals surface area contributed by atoms with Gasteiger partial charge >= 0.3 is 0 Å². The lowest BCUT2D eigenvalue weighted by atomic mass is 10.2. The third-order valence-electron chi connectivity index (χ3n) is 5.38. The highest BCUT2D eigenvalue weighted by Gasteiger charge is 2.43. The molecular formula is C20H32Si. The zero-order valence-electron chi connectivity index (χ0n) is 14.9. The first-order valence-electron chi connectivity index (χ1n) is 8.72. The average Bonchev–Trinajstić information content (AvgIpc) is 2.93. The highest BCUT2D eigenvalue weighted by Crippen LogP contribution is 2.47. The van der Waals surface area contributed by atoms with Crippen LogP contribution in [0.1, 0.15) is 67.2 Å². The summed E-state index contributed by atoms with van der Waals surface area (Å²) in [5.41, 5.74) is 6.53. The van der Waals surface area contributed by atoms with Gasteiger partial charge in [-0.3, -0.25) is 0 Å². The van der Waals surface area contributed by atoms with Crippen LogP contribution in [-0.2, 0) is 0 Å². The van der Waals surface area contributed by atoms with Crippen LogP contribution in [0.2, 0.25) is 12.1 Å². The normalized spacial score (nSPS) is 19.5. The molecule has 0 atom stereocenters. The van der Waals surface area contributed by atoms with Gasteiger partial charge in [-0.05, 0) is 52.6 Å². The molecule has 0 N–H and O–H groups in total. The van der Waals surface area contributed by atoms with Crippen molar-refractivity contribution >= 4 is 8.07 Å². The Balaban J connectivity index is 2.65. The Morgan fingerprint density at radius 1 is 0.762 bits per heavy atom. The number of hydrogen-bond donors (Lipinski definition) is 0. The molecule has 0 nitrogen and oxygen atoms in total. The molecule has 0 spiro atoms. The fraction of sp³-hybridized carbons (Fsp3) is 0.600. The van der Waals surface area contributed by atoms with Crippen LogP contribution in [-0.4, -0.2) is 8.07 Å². The maximum Gasteiger partial charge on any atom is 0.118 e. The van der Waals surface area contributed by atoms with E-state index >= 15 is 0 Å². The summed E-state index contributed by atoms with van der Waals surface area (Å²) in [6, 6.07) is 2.85. The van der Waals surface area contributed by atoms with Gasteiger partial charge in [0.05, 0.1) is 0 Å². The maximum absolute atomic E-state index is 2.47. The van der Waals surface area contributed by atoms with E-state index in [1.54, 1.807) is 22.3 Å². The van der Waals surface area contributed by atoms with Gasteiger partial charge in [-0.2, -0.15) is 0 Å². The van der Waals surface area contributed by atoms with Crippen molar-refractivity contribution in [3.63, 3.8) is 0 Å². The van der Waals surface area contributed by atoms with Gasteiger partial charge in [0.15, 0.2) is 0 Å². The van der Waals surface area contributed by atoms with E-state index < -0.39 is 8.07 Å². The van der Waals surface area contributed by atoms with Crippen LogP contribution >= 0.6 is 0 Å². The summed E-state index contributed by atoms with van der Waals surface area (Å²) in [5, 5.41) is 3.63. The van der Waals surface area contributed by atoms with E-state index in [1.165, 1.54) is 37.8 Å². The lowest BCUT2D eigenvalue weighted by molar-refractivity contribution is 0.978. The van der Waals surface area contributed by atoms with Gasteiger partial charge in [-0.15, -0.1) is 0 Å². The summed E-state index contributed by atoms with van der Waals surface area (Å²) in [7, 11) is -1.56. The van der Waals surface area contributed by atoms with Gasteiger partial charge in [0.1, 0.15) is 8.07 Å². The zero-order chi connectivity index (χ0) is 15.6. The van der Waals surface area contributed by atoms with E-state index in [0.717, 1.165) is 0 Å². The number of allylic oxidation sites excluding steroid dienone is 8. The van der Waals surface area contributed by atoms with Crippen molar-refractivity contribution in [1.29, 1.82) is 0 Å². The summed E-state index contributed by atoms with van der Waals surface area (Å²) in [4.78, 5) is 0. The Hall–Kier alpha value is -0.823. The Labute approximate surface area is 132 Å². The molecule has 0 unspecified atom stereocenters. The molecule has 0 aliphatic heterocycles. The Kier molecular flexibility index (Phi) is 5.14. The lowest BCUT2D eigenvalue weighted by Gasteiger charge is -2.38. The van der Waals surface area contributed by atoms with Crippen molar-refractivity contribution in [2.75, 3.05) is 0 Å². The molecule has 1 heteroatoms. The van der Waals surface area contributed by atoms with Crippen LogP contribution in [0, 0.1) is 0 Å². The second kappa shape index (κ2) is 6.52. The molecule has 2 rings (SSSR count). The van der Waals surface area contributed by atoms with Crippen molar-refractivity contribution in [2.24, 2.45) is 0 Å². The highest BCUT2D eigenvalue weighted by atomic mass is 28.3. The molecule has 2 aliphatic carbocycles. The van der Waals surface area contributed by atoms with Crippen LogP contribution in [0.3, 0.4) is 0 Å². The van der Waals surface area contributed by atoms with Crippen molar-refractivity contribution in [2.45, 2.75) is 79.3 Å². The SMILES string of the molecule is CCC[Si](CCC)(C1=C(C)CC=C1C)C1=C(C)CC=C1C. The molecule has 0 radical (unpaired) electrons. The lowest BCUT2D eigenvalue weighted by Crippen LogP contribution is -2.41. The highest BCUT2D eigenvalue weighted by molar-refractivity contribution is 6.94. The van der Waals surface area contributed by atoms with Gasteiger partial charge < -0.3 is 0 Å². The summed E-state index contributed by atoms with van der Waals surface area (Å²) < 4.78 is 0. The van der Waals surface area contributed by atoms with Gasteiger partial charge in [-0.25, -0.2) is 0 Å². The van der Waals surface area contributed by atoms with E-state index in [4.69, 9.17) is 0 Å². The zero-order valence-corrected chi connectivity index (χ0v) is 15.9. The topological polar surface area (TPSA) is 0 Å². The molecule has 0 aromatic rings. The van der Waals surface area contributed by atoms with E-state index in [1.807, 2.05) is 10.4 Å². The fourth-order valence-corrected chi connectivity index (χ4v) is 11.6. The molecule has 2 aliphatic rings. The van der Waals surface area contributed by atoms with E-state index in [-0.39, 0.29) is 0 Å². The van der Waals surface area contributed by atoms with Crippen LogP contribution in [0.25, 0.3) is 0 Å². The summed E-state index contributed by atoms with van der Waals surface area (Å²) >= 11 is 0. The second-order valence-corrected chi connectivity index (χ2v) is 11.2. The minimum absolute atomic E-state index is 1.19. The fourth-order valence-electron chi connectivity index (χ4n) is 4.87. The summed E-state index contributed by atoms with van der Waals surface area (Å²) in [5.74, 6) is 0. The largest absolute Gasteiger partial charge is 0.118 e. The van der Waals surface area contributed by atoms with E-state index in [0.29, 0.717) is 0 Å². The minimum atomic E-state index is -1.56. The predicted octanol–water partition coefficient (Wildman–Crippen LogP) is 6.67. The van der Waals surface area contributed by atoms with Crippen molar-refractivity contribution in [3.05, 3.63) is 44.8 Å². The van der Waals surface area contributed by atoms with Crippen molar-refractivity contribution < 1.29 is 0 Å². The van der Waals surface area contributed by atoms with Gasteiger partial charge in [-0.1, -0.05) is 71.5 Å². The summed E-state index contributed by atoms with van der Waals surface area (Å²) in [6.45, 7) is 14.3. The summed E-state index contributed by atoms with van der Waals surface area (Å²) in [6.07, 6.45) is 9.97. The molecule has 0 aromatic heterocycles. The number of rotatable bonds is 6. The molecule has 0 aromatic carbocycles. The van der Waals surface area contributed by atoms with E-state index in [9.17, 15) is 0 Å². The molecule has 0 saturated heterocycles. The molecule has 0 saturated carbocycles. The molecule has 116 valence electrons. The average molecular weight is 301 g/mol. The molecular weight excluding hydrogens is 268 g/mol. The third-order valence-corrected chi connectivity index (χ3v) is 11.6. The Bertz CT molecular complexity index is 490. The maximum atomic E-state index is 2.47. The second-order valence-electron chi connectivity index (χ2n) is 7.08. The van der Waals surface area contributed by atoms with Crippen LogP contribution < -0.4 is 0 Å². The van der Waals surface area contributed by atoms with Crippen LogP contribution in [0.4, 0.5) is 0 Å². The molecule has 0 heterocycles.